The Labute approximate surface area is 158 Å². The zero-order chi connectivity index (χ0) is 20.3. The summed E-state index contributed by atoms with van der Waals surface area (Å²) >= 11 is 0. The van der Waals surface area contributed by atoms with E-state index in [0.717, 1.165) is 18.2 Å². The van der Waals surface area contributed by atoms with Crippen molar-refractivity contribution in [2.45, 2.75) is 6.18 Å². The number of halogens is 3. The van der Waals surface area contributed by atoms with Crippen molar-refractivity contribution in [1.82, 2.24) is 4.98 Å². The first kappa shape index (κ1) is 18.9. The van der Waals surface area contributed by atoms with Crippen molar-refractivity contribution >= 4 is 11.6 Å². The fourth-order valence-corrected chi connectivity index (χ4v) is 2.42. The third-order valence-corrected chi connectivity index (χ3v) is 3.79. The average Bonchev–Trinajstić information content (AvgIpc) is 2.68. The lowest BCUT2D eigenvalue weighted by molar-refractivity contribution is -0.137. The van der Waals surface area contributed by atoms with E-state index in [2.05, 4.69) is 9.83 Å². The normalized spacial score (nSPS) is 10.9. The predicted molar refractivity (Wildman–Crippen MR) is 96.0 cm³/mol. The molecule has 0 bridgehead atoms. The SMILES string of the molecule is [C-]#[N+]c1cc(C(F)(F)F)ccc1Oc1ccc(-c2cccc(C(N)=O)n2)cc1. The summed E-state index contributed by atoms with van der Waals surface area (Å²) in [4.78, 5) is 18.5. The highest BCUT2D eigenvalue weighted by atomic mass is 19.4. The van der Waals surface area contributed by atoms with Gasteiger partial charge in [0.1, 0.15) is 17.2 Å². The highest BCUT2D eigenvalue weighted by molar-refractivity contribution is 5.91. The second-order valence-electron chi connectivity index (χ2n) is 5.69. The van der Waals surface area contributed by atoms with Gasteiger partial charge in [-0.1, -0.05) is 6.07 Å². The number of aromatic nitrogens is 1. The van der Waals surface area contributed by atoms with Crippen molar-refractivity contribution in [2.24, 2.45) is 5.73 Å². The Morgan fingerprint density at radius 3 is 2.39 bits per heavy atom. The molecule has 1 aromatic heterocycles. The number of benzene rings is 2. The average molecular weight is 383 g/mol. The minimum absolute atomic E-state index is 0.0181. The van der Waals surface area contributed by atoms with Crippen LogP contribution in [0.2, 0.25) is 0 Å². The zero-order valence-corrected chi connectivity index (χ0v) is 14.2. The molecule has 2 N–H and O–H groups in total. The van der Waals surface area contributed by atoms with Crippen LogP contribution in [-0.2, 0) is 6.18 Å². The third-order valence-electron chi connectivity index (χ3n) is 3.79. The first-order chi connectivity index (χ1) is 13.3. The van der Waals surface area contributed by atoms with Gasteiger partial charge in [-0.25, -0.2) is 9.83 Å². The van der Waals surface area contributed by atoms with Crippen LogP contribution in [0.1, 0.15) is 16.1 Å². The smallest absolute Gasteiger partial charge is 0.415 e. The van der Waals surface area contributed by atoms with Crippen molar-refractivity contribution in [3.05, 3.63) is 83.3 Å². The molecule has 1 amide bonds. The number of hydrogen-bond donors (Lipinski definition) is 1. The summed E-state index contributed by atoms with van der Waals surface area (Å²) < 4.78 is 43.8. The van der Waals surface area contributed by atoms with Gasteiger partial charge in [0.05, 0.1) is 12.3 Å². The van der Waals surface area contributed by atoms with E-state index in [9.17, 15) is 18.0 Å². The summed E-state index contributed by atoms with van der Waals surface area (Å²) in [5, 5.41) is 0. The highest BCUT2D eigenvalue weighted by Crippen LogP contribution is 2.38. The monoisotopic (exact) mass is 383 g/mol. The standard InChI is InChI=1S/C20H12F3N3O2/c1-25-17-11-13(20(21,22)23)7-10-18(17)28-14-8-5-12(6-9-14)15-3-2-4-16(26-15)19(24)27/h2-11H,(H2,24,27). The molecule has 0 aliphatic rings. The minimum atomic E-state index is -4.54. The Bertz CT molecular complexity index is 1070. The van der Waals surface area contributed by atoms with Crippen LogP contribution in [-0.4, -0.2) is 10.9 Å². The molecule has 3 aromatic rings. The summed E-state index contributed by atoms with van der Waals surface area (Å²) in [5.74, 6) is -0.292. The van der Waals surface area contributed by atoms with Crippen molar-refractivity contribution in [2.75, 3.05) is 0 Å². The van der Waals surface area contributed by atoms with Crippen LogP contribution in [0.15, 0.2) is 60.7 Å². The number of carbonyl (C=O) groups excluding carboxylic acids is 1. The van der Waals surface area contributed by atoms with E-state index in [1.165, 1.54) is 6.07 Å². The highest BCUT2D eigenvalue weighted by Gasteiger charge is 2.31. The van der Waals surface area contributed by atoms with Gasteiger partial charge < -0.3 is 10.5 Å². The molecule has 0 saturated carbocycles. The lowest BCUT2D eigenvalue weighted by Crippen LogP contribution is -2.12. The molecule has 0 unspecified atom stereocenters. The van der Waals surface area contributed by atoms with Crippen LogP contribution in [0.4, 0.5) is 18.9 Å². The van der Waals surface area contributed by atoms with Gasteiger partial charge in [-0.3, -0.25) is 4.79 Å². The number of rotatable bonds is 4. The fraction of sp³-hybridized carbons (Fsp3) is 0.0500. The number of hydrogen-bond acceptors (Lipinski definition) is 3. The van der Waals surface area contributed by atoms with Gasteiger partial charge in [-0.2, -0.15) is 13.2 Å². The van der Waals surface area contributed by atoms with Gasteiger partial charge in [-0.05, 0) is 54.6 Å². The number of amides is 1. The van der Waals surface area contributed by atoms with Crippen LogP contribution in [0.25, 0.3) is 16.1 Å². The lowest BCUT2D eigenvalue weighted by Gasteiger charge is -2.11. The van der Waals surface area contributed by atoms with Crippen molar-refractivity contribution in [1.29, 1.82) is 0 Å². The maximum absolute atomic E-state index is 12.8. The second kappa shape index (κ2) is 7.40. The second-order valence-corrected chi connectivity index (χ2v) is 5.69. The molecular weight excluding hydrogens is 371 g/mol. The van der Waals surface area contributed by atoms with Crippen molar-refractivity contribution < 1.29 is 22.7 Å². The van der Waals surface area contributed by atoms with Gasteiger partial charge in [0.2, 0.25) is 5.69 Å². The summed E-state index contributed by atoms with van der Waals surface area (Å²) in [5.41, 5.74) is 5.41. The molecule has 8 heteroatoms. The molecule has 0 saturated heterocycles. The number of alkyl halides is 3. The Hall–Kier alpha value is -3.86. The molecule has 1 heterocycles. The minimum Gasteiger partial charge on any atom is -0.468 e. The molecule has 140 valence electrons. The Morgan fingerprint density at radius 1 is 1.07 bits per heavy atom. The third kappa shape index (κ3) is 4.10. The lowest BCUT2D eigenvalue weighted by atomic mass is 10.1. The maximum Gasteiger partial charge on any atom is 0.415 e. The molecule has 0 spiro atoms. The van der Waals surface area contributed by atoms with Crippen LogP contribution in [0.3, 0.4) is 0 Å². The summed E-state index contributed by atoms with van der Waals surface area (Å²) in [6, 6.07) is 14.1. The summed E-state index contributed by atoms with van der Waals surface area (Å²) in [6.45, 7) is 7.08. The first-order valence-electron chi connectivity index (χ1n) is 7.92. The van der Waals surface area contributed by atoms with Crippen molar-refractivity contribution in [3.8, 4) is 22.8 Å². The van der Waals surface area contributed by atoms with Gasteiger partial charge in [0, 0.05) is 11.1 Å². The van der Waals surface area contributed by atoms with E-state index in [-0.39, 0.29) is 17.1 Å². The Kier molecular flexibility index (Phi) is 5.00. The molecule has 0 atom stereocenters. The van der Waals surface area contributed by atoms with Crippen LogP contribution in [0.5, 0.6) is 11.5 Å². The molecule has 0 fully saturated rings. The van der Waals surface area contributed by atoms with Gasteiger partial charge in [-0.15, -0.1) is 0 Å². The Morgan fingerprint density at radius 2 is 1.79 bits per heavy atom. The summed E-state index contributed by atoms with van der Waals surface area (Å²) in [6.07, 6.45) is -4.54. The number of carbonyl (C=O) groups is 1. The van der Waals surface area contributed by atoms with E-state index in [1.54, 1.807) is 36.4 Å². The van der Waals surface area contributed by atoms with E-state index in [1.807, 2.05) is 0 Å². The molecule has 2 aromatic carbocycles. The van der Waals surface area contributed by atoms with Crippen molar-refractivity contribution in [3.63, 3.8) is 0 Å². The predicted octanol–water partition coefficient (Wildman–Crippen LogP) is 5.21. The van der Waals surface area contributed by atoms with E-state index >= 15 is 0 Å². The zero-order valence-electron chi connectivity index (χ0n) is 14.2. The van der Waals surface area contributed by atoms with E-state index in [4.69, 9.17) is 17.0 Å². The van der Waals surface area contributed by atoms with E-state index in [0.29, 0.717) is 17.0 Å². The van der Waals surface area contributed by atoms with Gasteiger partial charge in [0.25, 0.3) is 5.91 Å². The Balaban J connectivity index is 1.84. The largest absolute Gasteiger partial charge is 0.468 e. The van der Waals surface area contributed by atoms with Crippen LogP contribution < -0.4 is 10.5 Å². The van der Waals surface area contributed by atoms with Crippen LogP contribution >= 0.6 is 0 Å². The summed E-state index contributed by atoms with van der Waals surface area (Å²) in [7, 11) is 0. The number of nitrogens with zero attached hydrogens (tertiary/aromatic N) is 2. The molecule has 5 nitrogen and oxygen atoms in total. The molecule has 28 heavy (non-hydrogen) atoms. The first-order valence-corrected chi connectivity index (χ1v) is 7.92. The fourth-order valence-electron chi connectivity index (χ4n) is 2.42. The molecule has 0 aliphatic carbocycles. The maximum atomic E-state index is 12.8. The number of pyridine rings is 1. The quantitative estimate of drug-likeness (QED) is 0.629. The van der Waals surface area contributed by atoms with Gasteiger partial charge >= 0.3 is 6.18 Å². The number of ether oxygens (including phenoxy) is 1. The van der Waals surface area contributed by atoms with Crippen LogP contribution in [0, 0.1) is 6.57 Å². The molecule has 0 aliphatic heterocycles. The molecule has 0 radical (unpaired) electrons. The van der Waals surface area contributed by atoms with E-state index < -0.39 is 17.6 Å². The number of primary amides is 1. The molecular formula is C20H12F3N3O2. The topological polar surface area (TPSA) is 69.6 Å². The number of nitrogens with two attached hydrogens (primary N) is 1. The van der Waals surface area contributed by atoms with Gasteiger partial charge in [0.15, 0.2) is 0 Å². The molecule has 3 rings (SSSR count).